The summed E-state index contributed by atoms with van der Waals surface area (Å²) in [7, 11) is 0. The van der Waals surface area contributed by atoms with Crippen LogP contribution in [0.3, 0.4) is 0 Å². The molecule has 1 aliphatic rings. The van der Waals surface area contributed by atoms with Crippen molar-refractivity contribution >= 4 is 0 Å². The molecule has 0 amide bonds. The van der Waals surface area contributed by atoms with Gasteiger partial charge in [0.2, 0.25) is 0 Å². The van der Waals surface area contributed by atoms with Crippen LogP contribution in [-0.2, 0) is 4.74 Å². The topological polar surface area (TPSA) is 53.2 Å². The predicted molar refractivity (Wildman–Crippen MR) is 91.3 cm³/mol. The molecule has 0 bridgehead atoms. The van der Waals surface area contributed by atoms with E-state index < -0.39 is 0 Å². The second kappa shape index (κ2) is 7.73. The van der Waals surface area contributed by atoms with E-state index in [0.717, 1.165) is 32.1 Å². The lowest BCUT2D eigenvalue weighted by atomic mass is 10.1. The Morgan fingerprint density at radius 2 is 2.22 bits per heavy atom. The Kier molecular flexibility index (Phi) is 5.43. The van der Waals surface area contributed by atoms with Gasteiger partial charge in [-0.05, 0) is 19.4 Å². The number of benzene rings is 1. The van der Waals surface area contributed by atoms with Crippen molar-refractivity contribution in [3.63, 3.8) is 0 Å². The lowest BCUT2D eigenvalue weighted by Crippen LogP contribution is -2.51. The average Bonchev–Trinajstić information content (AvgIpc) is 3.10. The molecule has 0 aliphatic carbocycles. The molecule has 1 fully saturated rings. The highest BCUT2D eigenvalue weighted by molar-refractivity contribution is 5.24. The summed E-state index contributed by atoms with van der Waals surface area (Å²) in [4.78, 5) is 10.2. The molecular weight excluding hydrogens is 288 g/mol. The summed E-state index contributed by atoms with van der Waals surface area (Å²) in [5, 5.41) is 3.68. The van der Waals surface area contributed by atoms with Crippen LogP contribution in [0.5, 0.6) is 0 Å². The average molecular weight is 314 g/mol. The molecular formula is C18H26N4O. The second-order valence-corrected chi connectivity index (χ2v) is 6.24. The van der Waals surface area contributed by atoms with E-state index in [1.54, 1.807) is 6.20 Å². The van der Waals surface area contributed by atoms with Crippen molar-refractivity contribution in [1.82, 2.24) is 20.2 Å². The monoisotopic (exact) mass is 314 g/mol. The van der Waals surface area contributed by atoms with Gasteiger partial charge in [-0.1, -0.05) is 30.3 Å². The number of aromatic nitrogens is 2. The van der Waals surface area contributed by atoms with Gasteiger partial charge >= 0.3 is 0 Å². The van der Waals surface area contributed by atoms with E-state index in [4.69, 9.17) is 4.74 Å². The normalized spacial score (nSPS) is 21.9. The third-order valence-corrected chi connectivity index (χ3v) is 4.53. The van der Waals surface area contributed by atoms with Crippen LogP contribution < -0.4 is 5.32 Å². The Bertz CT molecular complexity index is 572. The minimum Gasteiger partial charge on any atom is -0.379 e. The van der Waals surface area contributed by atoms with Crippen LogP contribution in [0.15, 0.2) is 42.7 Å². The molecule has 5 nitrogen and oxygen atoms in total. The number of nitrogens with one attached hydrogen (secondary N) is 2. The highest BCUT2D eigenvalue weighted by atomic mass is 16.5. The fraction of sp³-hybridized carbons (Fsp3) is 0.500. The summed E-state index contributed by atoms with van der Waals surface area (Å²) < 4.78 is 5.54. The number of H-pyrrole nitrogens is 1. The number of nitrogens with zero attached hydrogens (tertiary/aromatic N) is 2. The number of hydrogen-bond acceptors (Lipinski definition) is 4. The highest BCUT2D eigenvalue weighted by Gasteiger charge is 2.25. The van der Waals surface area contributed by atoms with Crippen molar-refractivity contribution in [3.05, 3.63) is 54.1 Å². The summed E-state index contributed by atoms with van der Waals surface area (Å²) in [5.41, 5.74) is 1.23. The molecule has 2 heterocycles. The zero-order valence-corrected chi connectivity index (χ0v) is 13.9. The molecule has 1 aliphatic heterocycles. The van der Waals surface area contributed by atoms with Crippen LogP contribution >= 0.6 is 0 Å². The molecule has 0 saturated carbocycles. The zero-order chi connectivity index (χ0) is 16.1. The van der Waals surface area contributed by atoms with E-state index in [1.807, 2.05) is 12.3 Å². The molecule has 1 aromatic heterocycles. The van der Waals surface area contributed by atoms with Gasteiger partial charge in [0, 0.05) is 37.6 Å². The fourth-order valence-corrected chi connectivity index (χ4v) is 3.25. The van der Waals surface area contributed by atoms with Crippen LogP contribution in [0.25, 0.3) is 0 Å². The Morgan fingerprint density at radius 3 is 2.91 bits per heavy atom. The molecule has 1 aromatic carbocycles. The molecule has 1 saturated heterocycles. The number of morpholine rings is 1. The Hall–Kier alpha value is -1.69. The van der Waals surface area contributed by atoms with Crippen LogP contribution in [0.4, 0.5) is 0 Å². The standard InChI is InChI=1S/C18H26N4O/c1-14(22-10-11-23-13-15(22)2)12-21-17(18-19-8-9-20-18)16-6-4-3-5-7-16/h3-9,14-15,17,21H,10-13H2,1-2H3,(H,19,20)/t14-,15-,17+/m1/s1. The van der Waals surface area contributed by atoms with Crippen LogP contribution in [0.2, 0.25) is 0 Å². The van der Waals surface area contributed by atoms with Crippen molar-refractivity contribution in [2.75, 3.05) is 26.3 Å². The maximum atomic E-state index is 5.54. The maximum Gasteiger partial charge on any atom is 0.127 e. The molecule has 0 radical (unpaired) electrons. The SMILES string of the molecule is C[C@H](CN[C@@H](c1ccccc1)c1ncc[nH]1)N1CCOC[C@H]1C. The maximum absolute atomic E-state index is 5.54. The molecule has 124 valence electrons. The quantitative estimate of drug-likeness (QED) is 0.858. The number of hydrogen-bond donors (Lipinski definition) is 2. The zero-order valence-electron chi connectivity index (χ0n) is 13.9. The van der Waals surface area contributed by atoms with Crippen molar-refractivity contribution in [2.24, 2.45) is 0 Å². The molecule has 2 aromatic rings. The van der Waals surface area contributed by atoms with Gasteiger partial charge in [-0.15, -0.1) is 0 Å². The van der Waals surface area contributed by atoms with Crippen molar-refractivity contribution < 1.29 is 4.74 Å². The van der Waals surface area contributed by atoms with Crippen LogP contribution in [0.1, 0.15) is 31.3 Å². The summed E-state index contributed by atoms with van der Waals surface area (Å²) in [6.45, 7) is 8.07. The van der Waals surface area contributed by atoms with Gasteiger partial charge in [0.25, 0.3) is 0 Å². The van der Waals surface area contributed by atoms with Crippen LogP contribution in [0, 0.1) is 0 Å². The smallest absolute Gasteiger partial charge is 0.127 e. The Morgan fingerprint density at radius 1 is 1.39 bits per heavy atom. The first-order valence-electron chi connectivity index (χ1n) is 8.37. The molecule has 5 heteroatoms. The fourth-order valence-electron chi connectivity index (χ4n) is 3.25. The van der Waals surface area contributed by atoms with E-state index in [0.29, 0.717) is 12.1 Å². The number of aromatic amines is 1. The Labute approximate surface area is 138 Å². The summed E-state index contributed by atoms with van der Waals surface area (Å²) >= 11 is 0. The van der Waals surface area contributed by atoms with Crippen molar-refractivity contribution in [3.8, 4) is 0 Å². The number of ether oxygens (including phenoxy) is 1. The summed E-state index contributed by atoms with van der Waals surface area (Å²) in [5.74, 6) is 0.957. The molecule has 2 N–H and O–H groups in total. The second-order valence-electron chi connectivity index (χ2n) is 6.24. The molecule has 3 atom stereocenters. The van der Waals surface area contributed by atoms with Gasteiger partial charge < -0.3 is 15.0 Å². The molecule has 0 spiro atoms. The van der Waals surface area contributed by atoms with Gasteiger partial charge in [-0.3, -0.25) is 4.90 Å². The lowest BCUT2D eigenvalue weighted by Gasteiger charge is -2.38. The number of imidazole rings is 1. The third kappa shape index (κ3) is 3.99. The highest BCUT2D eigenvalue weighted by Crippen LogP contribution is 2.19. The molecule has 0 unspecified atom stereocenters. The van der Waals surface area contributed by atoms with Gasteiger partial charge in [0.15, 0.2) is 0 Å². The van der Waals surface area contributed by atoms with Crippen molar-refractivity contribution in [1.29, 1.82) is 0 Å². The summed E-state index contributed by atoms with van der Waals surface area (Å²) in [6.07, 6.45) is 3.68. The summed E-state index contributed by atoms with van der Waals surface area (Å²) in [6, 6.07) is 11.5. The van der Waals surface area contributed by atoms with E-state index in [9.17, 15) is 0 Å². The van der Waals surface area contributed by atoms with Gasteiger partial charge in [-0.2, -0.15) is 0 Å². The van der Waals surface area contributed by atoms with E-state index >= 15 is 0 Å². The predicted octanol–water partition coefficient (Wildman–Crippen LogP) is 2.20. The first kappa shape index (κ1) is 16.2. The minimum atomic E-state index is 0.0880. The van der Waals surface area contributed by atoms with Crippen molar-refractivity contribution in [2.45, 2.75) is 32.0 Å². The first-order chi connectivity index (χ1) is 11.3. The van der Waals surface area contributed by atoms with E-state index in [-0.39, 0.29) is 6.04 Å². The van der Waals surface area contributed by atoms with Gasteiger partial charge in [0.1, 0.15) is 5.82 Å². The third-order valence-electron chi connectivity index (χ3n) is 4.53. The molecule has 3 rings (SSSR count). The Balaban J connectivity index is 1.67. The minimum absolute atomic E-state index is 0.0880. The van der Waals surface area contributed by atoms with E-state index in [1.165, 1.54) is 5.56 Å². The first-order valence-corrected chi connectivity index (χ1v) is 8.37. The van der Waals surface area contributed by atoms with Gasteiger partial charge in [0.05, 0.1) is 19.3 Å². The largest absolute Gasteiger partial charge is 0.379 e. The molecule has 23 heavy (non-hydrogen) atoms. The lowest BCUT2D eigenvalue weighted by molar-refractivity contribution is -0.0184. The number of rotatable bonds is 6. The van der Waals surface area contributed by atoms with E-state index in [2.05, 4.69) is 58.3 Å². The van der Waals surface area contributed by atoms with Gasteiger partial charge in [-0.25, -0.2) is 4.98 Å². The van der Waals surface area contributed by atoms with Crippen LogP contribution in [-0.4, -0.2) is 53.3 Å².